The predicted molar refractivity (Wildman–Crippen MR) is 78.2 cm³/mol. The Morgan fingerprint density at radius 1 is 1.33 bits per heavy atom. The molecule has 0 fully saturated rings. The monoisotopic (exact) mass is 308 g/mol. The summed E-state index contributed by atoms with van der Waals surface area (Å²) >= 11 is 1.50. The molecular weight excluding hydrogens is 295 g/mol. The molecule has 2 amide bonds. The maximum absolute atomic E-state index is 13.7. The van der Waals surface area contributed by atoms with Crippen molar-refractivity contribution in [1.29, 1.82) is 0 Å². The van der Waals surface area contributed by atoms with Gasteiger partial charge in [0, 0.05) is 0 Å². The lowest BCUT2D eigenvalue weighted by Gasteiger charge is -2.15. The van der Waals surface area contributed by atoms with Crippen LogP contribution < -0.4 is 10.6 Å². The van der Waals surface area contributed by atoms with Crippen LogP contribution in [0.1, 0.15) is 28.9 Å². The number of thiophene rings is 1. The van der Waals surface area contributed by atoms with Crippen LogP contribution in [0, 0.1) is 5.82 Å². The first kappa shape index (κ1) is 15.0. The molecule has 0 aliphatic rings. The highest BCUT2D eigenvalue weighted by molar-refractivity contribution is 7.07. The number of nitrogens with one attached hydrogen (secondary N) is 2. The van der Waals surface area contributed by atoms with Crippen molar-refractivity contribution in [3.05, 3.63) is 52.0 Å². The molecule has 5 nitrogen and oxygen atoms in total. The normalized spacial score (nSPS) is 11.7. The SMILES string of the molecule is CC(NC(=O)Nc1c(F)cccc1C(=O)O)c1ccsc1. The second-order valence-electron chi connectivity index (χ2n) is 4.34. The van der Waals surface area contributed by atoms with Gasteiger partial charge in [0.15, 0.2) is 0 Å². The van der Waals surface area contributed by atoms with Gasteiger partial charge in [-0.1, -0.05) is 6.07 Å². The molecular formula is C14H13FN2O3S. The van der Waals surface area contributed by atoms with Crippen molar-refractivity contribution in [2.45, 2.75) is 13.0 Å². The van der Waals surface area contributed by atoms with Crippen LogP contribution in [-0.4, -0.2) is 17.1 Å². The van der Waals surface area contributed by atoms with E-state index in [0.717, 1.165) is 11.6 Å². The van der Waals surface area contributed by atoms with E-state index in [4.69, 9.17) is 5.11 Å². The fourth-order valence-electron chi connectivity index (χ4n) is 1.78. The standard InChI is InChI=1S/C14H13FN2O3S/c1-8(9-5-6-21-7-9)16-14(20)17-12-10(13(18)19)3-2-4-11(12)15/h2-8H,1H3,(H,18,19)(H2,16,17,20). The molecule has 2 rings (SSSR count). The number of amides is 2. The van der Waals surface area contributed by atoms with Crippen LogP contribution in [0.2, 0.25) is 0 Å². The molecule has 0 aliphatic carbocycles. The highest BCUT2D eigenvalue weighted by atomic mass is 32.1. The summed E-state index contributed by atoms with van der Waals surface area (Å²) in [4.78, 5) is 22.9. The molecule has 1 aromatic carbocycles. The van der Waals surface area contributed by atoms with Crippen molar-refractivity contribution in [3.63, 3.8) is 0 Å². The molecule has 1 atom stereocenters. The lowest BCUT2D eigenvalue weighted by atomic mass is 10.1. The Labute approximate surface area is 124 Å². The van der Waals surface area contributed by atoms with E-state index in [0.29, 0.717) is 0 Å². The van der Waals surface area contributed by atoms with E-state index in [-0.39, 0.29) is 17.3 Å². The van der Waals surface area contributed by atoms with Crippen molar-refractivity contribution in [2.24, 2.45) is 0 Å². The molecule has 2 aromatic rings. The third kappa shape index (κ3) is 3.57. The number of carboxylic acids is 1. The highest BCUT2D eigenvalue weighted by Gasteiger charge is 2.17. The lowest BCUT2D eigenvalue weighted by molar-refractivity contribution is 0.0697. The van der Waals surface area contributed by atoms with Gasteiger partial charge in [-0.15, -0.1) is 0 Å². The molecule has 3 N–H and O–H groups in total. The van der Waals surface area contributed by atoms with Crippen molar-refractivity contribution >= 4 is 29.0 Å². The average molecular weight is 308 g/mol. The largest absolute Gasteiger partial charge is 0.478 e. The van der Waals surface area contributed by atoms with E-state index < -0.39 is 17.8 Å². The second kappa shape index (κ2) is 6.36. The van der Waals surface area contributed by atoms with Crippen LogP contribution in [0.4, 0.5) is 14.9 Å². The van der Waals surface area contributed by atoms with Crippen LogP contribution in [0.5, 0.6) is 0 Å². The molecule has 0 saturated heterocycles. The van der Waals surface area contributed by atoms with Crippen molar-refractivity contribution in [3.8, 4) is 0 Å². The van der Waals surface area contributed by atoms with Crippen LogP contribution in [0.25, 0.3) is 0 Å². The maximum atomic E-state index is 13.7. The Morgan fingerprint density at radius 3 is 2.71 bits per heavy atom. The van der Waals surface area contributed by atoms with Gasteiger partial charge >= 0.3 is 12.0 Å². The number of aromatic carboxylic acids is 1. The van der Waals surface area contributed by atoms with Gasteiger partial charge in [-0.25, -0.2) is 14.0 Å². The van der Waals surface area contributed by atoms with Gasteiger partial charge in [0.25, 0.3) is 0 Å². The van der Waals surface area contributed by atoms with Gasteiger partial charge in [0.1, 0.15) is 5.82 Å². The van der Waals surface area contributed by atoms with Crippen molar-refractivity contribution in [1.82, 2.24) is 5.32 Å². The van der Waals surface area contributed by atoms with Gasteiger partial charge < -0.3 is 15.7 Å². The summed E-state index contributed by atoms with van der Waals surface area (Å²) in [5.41, 5.74) is 0.274. The zero-order chi connectivity index (χ0) is 15.4. The number of hydrogen-bond donors (Lipinski definition) is 3. The Hall–Kier alpha value is -2.41. The summed E-state index contributed by atoms with van der Waals surface area (Å²) in [5, 5.41) is 17.6. The Morgan fingerprint density at radius 2 is 2.10 bits per heavy atom. The number of carbonyl (C=O) groups is 2. The van der Waals surface area contributed by atoms with Crippen LogP contribution in [0.3, 0.4) is 0 Å². The van der Waals surface area contributed by atoms with Gasteiger partial charge in [-0.3, -0.25) is 0 Å². The number of benzene rings is 1. The third-order valence-electron chi connectivity index (χ3n) is 2.87. The molecule has 110 valence electrons. The summed E-state index contributed by atoms with van der Waals surface area (Å²) in [6.45, 7) is 1.78. The number of halogens is 1. The molecule has 1 unspecified atom stereocenters. The minimum absolute atomic E-state index is 0.267. The molecule has 7 heteroatoms. The smallest absolute Gasteiger partial charge is 0.337 e. The Bertz CT molecular complexity index is 658. The minimum atomic E-state index is -1.31. The third-order valence-corrected chi connectivity index (χ3v) is 3.57. The van der Waals surface area contributed by atoms with E-state index >= 15 is 0 Å². The first-order valence-corrected chi connectivity index (χ1v) is 7.04. The van der Waals surface area contributed by atoms with E-state index in [1.54, 1.807) is 6.92 Å². The molecule has 1 aromatic heterocycles. The summed E-state index contributed by atoms with van der Waals surface area (Å²) in [6.07, 6.45) is 0. The topological polar surface area (TPSA) is 78.4 Å². The first-order chi connectivity index (χ1) is 9.99. The quantitative estimate of drug-likeness (QED) is 0.809. The first-order valence-electron chi connectivity index (χ1n) is 6.10. The highest BCUT2D eigenvalue weighted by Crippen LogP contribution is 2.20. The van der Waals surface area contributed by atoms with E-state index in [1.165, 1.54) is 23.5 Å². The zero-order valence-corrected chi connectivity index (χ0v) is 11.9. The number of carboxylic acid groups (broad SMARTS) is 1. The number of urea groups is 1. The van der Waals surface area contributed by atoms with Gasteiger partial charge in [0.2, 0.25) is 0 Å². The molecule has 0 radical (unpaired) electrons. The van der Waals surface area contributed by atoms with Gasteiger partial charge in [-0.05, 0) is 41.4 Å². The number of para-hydroxylation sites is 1. The van der Waals surface area contributed by atoms with Crippen LogP contribution in [-0.2, 0) is 0 Å². The molecule has 21 heavy (non-hydrogen) atoms. The molecule has 0 spiro atoms. The van der Waals surface area contributed by atoms with E-state index in [9.17, 15) is 14.0 Å². The van der Waals surface area contributed by atoms with Gasteiger partial charge in [-0.2, -0.15) is 11.3 Å². The molecule has 0 bridgehead atoms. The summed E-state index contributed by atoms with van der Waals surface area (Å²) in [5.74, 6) is -2.11. The molecule has 0 saturated carbocycles. The maximum Gasteiger partial charge on any atom is 0.337 e. The van der Waals surface area contributed by atoms with Crippen LogP contribution in [0.15, 0.2) is 35.0 Å². The summed E-state index contributed by atoms with van der Waals surface area (Å²) in [6, 6.07) is 4.52. The van der Waals surface area contributed by atoms with Crippen molar-refractivity contribution < 1.29 is 19.1 Å². The fraction of sp³-hybridized carbons (Fsp3) is 0.143. The zero-order valence-electron chi connectivity index (χ0n) is 11.1. The van der Waals surface area contributed by atoms with E-state index in [2.05, 4.69) is 10.6 Å². The predicted octanol–water partition coefficient (Wildman–Crippen LogP) is 3.47. The number of anilines is 1. The second-order valence-corrected chi connectivity index (χ2v) is 5.12. The lowest BCUT2D eigenvalue weighted by Crippen LogP contribution is -2.31. The molecule has 1 heterocycles. The summed E-state index contributed by atoms with van der Waals surface area (Å²) in [7, 11) is 0. The molecule has 0 aliphatic heterocycles. The van der Waals surface area contributed by atoms with Crippen LogP contribution >= 0.6 is 11.3 Å². The van der Waals surface area contributed by atoms with E-state index in [1.807, 2.05) is 16.8 Å². The Kier molecular flexibility index (Phi) is 4.54. The number of rotatable bonds is 4. The Balaban J connectivity index is 2.11. The minimum Gasteiger partial charge on any atom is -0.478 e. The summed E-state index contributed by atoms with van der Waals surface area (Å²) < 4.78 is 13.7. The van der Waals surface area contributed by atoms with Crippen molar-refractivity contribution in [2.75, 3.05) is 5.32 Å². The number of carbonyl (C=O) groups excluding carboxylic acids is 1. The van der Waals surface area contributed by atoms with Gasteiger partial charge in [0.05, 0.1) is 17.3 Å². The fourth-order valence-corrected chi connectivity index (χ4v) is 2.53. The number of hydrogen-bond acceptors (Lipinski definition) is 3. The average Bonchev–Trinajstić information content (AvgIpc) is 2.94.